The van der Waals surface area contributed by atoms with Gasteiger partial charge in [-0.15, -0.1) is 0 Å². The molecule has 2 aliphatic heterocycles. The lowest BCUT2D eigenvalue weighted by molar-refractivity contribution is 0.0390. The number of ether oxygens (including phenoxy) is 1. The fraction of sp³-hybridized carbons (Fsp3) is 1.00. The van der Waals surface area contributed by atoms with Crippen LogP contribution in [0.1, 0.15) is 39.5 Å². The Bertz CT molecular complexity index is 246. The average Bonchev–Trinajstić information content (AvgIpc) is 2.69. The number of likely N-dealkylation sites (tertiary alicyclic amines) is 1. The van der Waals surface area contributed by atoms with E-state index in [1.54, 1.807) is 7.11 Å². The number of nitrogens with zero attached hydrogens (tertiary/aromatic N) is 1. The summed E-state index contributed by atoms with van der Waals surface area (Å²) in [6, 6.07) is 0.657. The van der Waals surface area contributed by atoms with E-state index in [0.717, 1.165) is 18.9 Å². The van der Waals surface area contributed by atoms with Gasteiger partial charge < -0.3 is 10.1 Å². The summed E-state index contributed by atoms with van der Waals surface area (Å²) < 4.78 is 5.23. The molecule has 2 saturated heterocycles. The molecule has 2 fully saturated rings. The summed E-state index contributed by atoms with van der Waals surface area (Å²) in [5.41, 5.74) is 0.449. The van der Waals surface area contributed by atoms with Crippen LogP contribution < -0.4 is 5.32 Å². The zero-order valence-corrected chi connectivity index (χ0v) is 11.7. The van der Waals surface area contributed by atoms with Crippen molar-refractivity contribution in [1.29, 1.82) is 0 Å². The average molecular weight is 240 g/mol. The summed E-state index contributed by atoms with van der Waals surface area (Å²) in [6.07, 6.45) is 5.28. The van der Waals surface area contributed by atoms with Crippen molar-refractivity contribution < 1.29 is 4.74 Å². The second-order valence-corrected chi connectivity index (χ2v) is 6.09. The second kappa shape index (κ2) is 5.68. The molecule has 100 valence electrons. The fourth-order valence-electron chi connectivity index (χ4n) is 3.84. The van der Waals surface area contributed by atoms with Crippen molar-refractivity contribution in [2.45, 2.75) is 51.1 Å². The smallest absolute Gasteiger partial charge is 0.0477 e. The first-order chi connectivity index (χ1) is 8.18. The molecule has 0 saturated carbocycles. The van der Waals surface area contributed by atoms with Crippen LogP contribution in [0.3, 0.4) is 0 Å². The van der Waals surface area contributed by atoms with Gasteiger partial charge in [-0.1, -0.05) is 6.92 Å². The third-order valence-corrected chi connectivity index (χ3v) is 4.60. The molecule has 1 spiro atoms. The Morgan fingerprint density at radius 1 is 1.53 bits per heavy atom. The van der Waals surface area contributed by atoms with Crippen molar-refractivity contribution in [2.24, 2.45) is 5.92 Å². The molecule has 0 amide bonds. The molecule has 0 radical (unpaired) electrons. The van der Waals surface area contributed by atoms with E-state index in [-0.39, 0.29) is 0 Å². The van der Waals surface area contributed by atoms with Crippen molar-refractivity contribution >= 4 is 0 Å². The van der Waals surface area contributed by atoms with Crippen molar-refractivity contribution in [1.82, 2.24) is 10.2 Å². The largest absolute Gasteiger partial charge is 0.385 e. The number of methoxy groups -OCH3 is 1. The number of hydrogen-bond donors (Lipinski definition) is 1. The van der Waals surface area contributed by atoms with Crippen LogP contribution in [-0.2, 0) is 4.74 Å². The molecule has 17 heavy (non-hydrogen) atoms. The lowest BCUT2D eigenvalue weighted by Crippen LogP contribution is -2.58. The number of piperidine rings is 1. The molecule has 0 aromatic carbocycles. The second-order valence-electron chi connectivity index (χ2n) is 6.09. The molecule has 2 aliphatic rings. The molecule has 0 aromatic heterocycles. The van der Waals surface area contributed by atoms with Gasteiger partial charge in [0.1, 0.15) is 0 Å². The van der Waals surface area contributed by atoms with E-state index in [9.17, 15) is 0 Å². The molecule has 0 aromatic rings. The molecule has 3 atom stereocenters. The van der Waals surface area contributed by atoms with Crippen LogP contribution in [0.25, 0.3) is 0 Å². The van der Waals surface area contributed by atoms with E-state index >= 15 is 0 Å². The molecule has 0 bridgehead atoms. The van der Waals surface area contributed by atoms with Gasteiger partial charge in [0, 0.05) is 31.8 Å². The topological polar surface area (TPSA) is 24.5 Å². The van der Waals surface area contributed by atoms with E-state index in [0.29, 0.717) is 11.6 Å². The van der Waals surface area contributed by atoms with Gasteiger partial charge in [-0.25, -0.2) is 0 Å². The summed E-state index contributed by atoms with van der Waals surface area (Å²) in [5, 5.41) is 3.64. The molecule has 2 heterocycles. The normalized spacial score (nSPS) is 36.5. The Labute approximate surface area is 106 Å². The van der Waals surface area contributed by atoms with Crippen LogP contribution >= 0.6 is 0 Å². The van der Waals surface area contributed by atoms with Crippen molar-refractivity contribution in [2.75, 3.05) is 33.4 Å². The zero-order chi connectivity index (χ0) is 12.3. The first-order valence-corrected chi connectivity index (χ1v) is 7.14. The summed E-state index contributed by atoms with van der Waals surface area (Å²) in [5.74, 6) is 0.818. The molecule has 3 heteroatoms. The van der Waals surface area contributed by atoms with Crippen LogP contribution in [0.15, 0.2) is 0 Å². The number of hydrogen-bond acceptors (Lipinski definition) is 3. The van der Waals surface area contributed by atoms with Crippen LogP contribution in [-0.4, -0.2) is 49.8 Å². The first kappa shape index (κ1) is 13.3. The van der Waals surface area contributed by atoms with Gasteiger partial charge in [-0.05, 0) is 51.6 Å². The van der Waals surface area contributed by atoms with E-state index in [1.165, 1.54) is 38.9 Å². The van der Waals surface area contributed by atoms with Gasteiger partial charge in [0.15, 0.2) is 0 Å². The minimum absolute atomic E-state index is 0.449. The summed E-state index contributed by atoms with van der Waals surface area (Å²) in [7, 11) is 1.80. The third kappa shape index (κ3) is 2.83. The van der Waals surface area contributed by atoms with Gasteiger partial charge in [0.2, 0.25) is 0 Å². The number of rotatable bonds is 4. The minimum Gasteiger partial charge on any atom is -0.385 e. The third-order valence-electron chi connectivity index (χ3n) is 4.60. The Morgan fingerprint density at radius 2 is 2.35 bits per heavy atom. The number of nitrogens with one attached hydrogen (secondary N) is 1. The predicted octanol–water partition coefficient (Wildman–Crippen LogP) is 1.88. The zero-order valence-electron chi connectivity index (χ0n) is 11.7. The summed E-state index contributed by atoms with van der Waals surface area (Å²) in [6.45, 7) is 9.29. The van der Waals surface area contributed by atoms with E-state index < -0.39 is 0 Å². The lowest BCUT2D eigenvalue weighted by atomic mass is 9.81. The lowest BCUT2D eigenvalue weighted by Gasteiger charge is -2.47. The molecular weight excluding hydrogens is 212 g/mol. The SMILES string of the molecule is COCCC(C)N1CCCC12CNCC(C)C2. The van der Waals surface area contributed by atoms with Gasteiger partial charge in [0.25, 0.3) is 0 Å². The fourth-order valence-corrected chi connectivity index (χ4v) is 3.84. The van der Waals surface area contributed by atoms with Crippen molar-refractivity contribution in [3.63, 3.8) is 0 Å². The predicted molar refractivity (Wildman–Crippen MR) is 71.3 cm³/mol. The van der Waals surface area contributed by atoms with Gasteiger partial charge in [0.05, 0.1) is 0 Å². The summed E-state index contributed by atoms with van der Waals surface area (Å²) in [4.78, 5) is 2.76. The molecule has 2 rings (SSSR count). The summed E-state index contributed by atoms with van der Waals surface area (Å²) >= 11 is 0. The van der Waals surface area contributed by atoms with Crippen molar-refractivity contribution in [3.8, 4) is 0 Å². The molecule has 0 aliphatic carbocycles. The Morgan fingerprint density at radius 3 is 3.06 bits per heavy atom. The maximum Gasteiger partial charge on any atom is 0.0477 e. The highest BCUT2D eigenvalue weighted by atomic mass is 16.5. The van der Waals surface area contributed by atoms with E-state index in [1.807, 2.05) is 0 Å². The highest BCUT2D eigenvalue weighted by Crippen LogP contribution is 2.38. The van der Waals surface area contributed by atoms with Crippen LogP contribution in [0, 0.1) is 5.92 Å². The van der Waals surface area contributed by atoms with Gasteiger partial charge >= 0.3 is 0 Å². The Hall–Kier alpha value is -0.120. The molecule has 1 N–H and O–H groups in total. The molecule has 3 nitrogen and oxygen atoms in total. The van der Waals surface area contributed by atoms with E-state index in [2.05, 4.69) is 24.1 Å². The quantitative estimate of drug-likeness (QED) is 0.812. The maximum atomic E-state index is 5.23. The van der Waals surface area contributed by atoms with Gasteiger partial charge in [-0.3, -0.25) is 4.90 Å². The monoisotopic (exact) mass is 240 g/mol. The van der Waals surface area contributed by atoms with Crippen molar-refractivity contribution in [3.05, 3.63) is 0 Å². The van der Waals surface area contributed by atoms with Gasteiger partial charge in [-0.2, -0.15) is 0 Å². The highest BCUT2D eigenvalue weighted by Gasteiger charge is 2.44. The Kier molecular flexibility index (Phi) is 4.45. The minimum atomic E-state index is 0.449. The Balaban J connectivity index is 2.00. The van der Waals surface area contributed by atoms with E-state index in [4.69, 9.17) is 4.74 Å². The maximum absolute atomic E-state index is 5.23. The highest BCUT2D eigenvalue weighted by molar-refractivity contribution is 5.02. The van der Waals surface area contributed by atoms with Crippen LogP contribution in [0.4, 0.5) is 0 Å². The van der Waals surface area contributed by atoms with Crippen LogP contribution in [0.2, 0.25) is 0 Å². The molecular formula is C14H28N2O. The van der Waals surface area contributed by atoms with Crippen LogP contribution in [0.5, 0.6) is 0 Å². The standard InChI is InChI=1S/C14H28N2O/c1-12-9-14(11-15-10-12)6-4-7-16(14)13(2)5-8-17-3/h12-13,15H,4-11H2,1-3H3. The first-order valence-electron chi connectivity index (χ1n) is 7.14. The molecule has 3 unspecified atom stereocenters.